The number of alkyl halides is 2. The summed E-state index contributed by atoms with van der Waals surface area (Å²) in [5.41, 5.74) is 1.91. The van der Waals surface area contributed by atoms with Crippen molar-refractivity contribution in [2.45, 2.75) is 49.5 Å². The van der Waals surface area contributed by atoms with Crippen LogP contribution in [0.15, 0.2) is 71.3 Å². The van der Waals surface area contributed by atoms with Crippen LogP contribution in [0.5, 0.6) is 0 Å². The largest absolute Gasteiger partial charge is 0.436 e. The maximum absolute atomic E-state index is 14.6. The molecule has 6 rings (SSSR count). The number of nitriles is 1. The number of rotatable bonds is 10. The molecule has 2 aliphatic rings. The number of pyridine rings is 1. The Hall–Kier alpha value is -4.73. The number of benzene rings is 2. The Morgan fingerprint density at radius 1 is 1.29 bits per heavy atom. The van der Waals surface area contributed by atoms with Gasteiger partial charge < -0.3 is 19.6 Å². The number of nitrogens with zero attached hydrogens (tertiary/aromatic N) is 4. The molecule has 2 aromatic carbocycles. The van der Waals surface area contributed by atoms with Crippen molar-refractivity contribution < 1.29 is 28.2 Å². The second-order valence-corrected chi connectivity index (χ2v) is 12.9. The van der Waals surface area contributed by atoms with E-state index in [1.165, 1.54) is 19.4 Å². The lowest BCUT2D eigenvalue weighted by Gasteiger charge is -2.36. The highest BCUT2D eigenvalue weighted by atomic mass is 35.5. The van der Waals surface area contributed by atoms with Crippen molar-refractivity contribution in [1.82, 2.24) is 20.2 Å². The molecule has 49 heavy (non-hydrogen) atoms. The molecule has 0 spiro atoms. The van der Waals surface area contributed by atoms with E-state index in [4.69, 9.17) is 25.7 Å². The Morgan fingerprint density at radius 2 is 2.06 bits per heavy atom. The van der Waals surface area contributed by atoms with E-state index < -0.39 is 29.1 Å². The molecule has 2 aromatic heterocycles. The average molecular weight is 684 g/mol. The molecule has 1 fully saturated rings. The fourth-order valence-electron chi connectivity index (χ4n) is 6.42. The van der Waals surface area contributed by atoms with Gasteiger partial charge in [0.2, 0.25) is 5.89 Å². The number of aryl methyl sites for hydroxylation is 1. The number of halogens is 2. The zero-order chi connectivity index (χ0) is 34.8. The summed E-state index contributed by atoms with van der Waals surface area (Å²) >= 11 is 7.36. The predicted octanol–water partition coefficient (Wildman–Crippen LogP) is 5.54. The predicted molar refractivity (Wildman–Crippen MR) is 182 cm³/mol. The van der Waals surface area contributed by atoms with E-state index in [1.54, 1.807) is 18.2 Å². The molecule has 0 bridgehead atoms. The number of methoxy groups -OCH3 is 1. The molecule has 2 N–H and O–H groups in total. The molecule has 1 aliphatic heterocycles. The van der Waals surface area contributed by atoms with E-state index >= 15 is 0 Å². The summed E-state index contributed by atoms with van der Waals surface area (Å²) in [5, 5.41) is 21.7. The van der Waals surface area contributed by atoms with Crippen molar-refractivity contribution in [3.05, 3.63) is 112 Å². The van der Waals surface area contributed by atoms with E-state index in [2.05, 4.69) is 21.3 Å². The van der Waals surface area contributed by atoms with Crippen molar-refractivity contribution in [3.8, 4) is 6.07 Å². The number of carbonyl (C=O) groups excluding carboxylic acids is 2. The van der Waals surface area contributed by atoms with E-state index in [0.717, 1.165) is 16.7 Å². The number of hydrogen-bond acceptors (Lipinski definition) is 9. The van der Waals surface area contributed by atoms with E-state index in [0.29, 0.717) is 48.1 Å². The first kappa shape index (κ1) is 34.1. The lowest BCUT2D eigenvalue weighted by atomic mass is 9.81. The molecule has 1 amide bonds. The molecule has 0 saturated carbocycles. The Bertz CT molecular complexity index is 2010. The third-order valence-electron chi connectivity index (χ3n) is 9.23. The number of allylic oxidation sites excluding steroid dienone is 2. The van der Waals surface area contributed by atoms with E-state index in [-0.39, 0.29) is 42.2 Å². The van der Waals surface area contributed by atoms with Gasteiger partial charge in [0.15, 0.2) is 17.4 Å². The smallest absolute Gasteiger partial charge is 0.271 e. The summed E-state index contributed by atoms with van der Waals surface area (Å²) in [6, 6.07) is 15.0. The number of aromatic nitrogens is 2. The number of aldehydes is 1. The first-order valence-electron chi connectivity index (χ1n) is 15.8. The van der Waals surface area contributed by atoms with Gasteiger partial charge in [0.05, 0.1) is 24.2 Å². The van der Waals surface area contributed by atoms with Crippen LogP contribution in [0.25, 0.3) is 16.7 Å². The van der Waals surface area contributed by atoms with Crippen molar-refractivity contribution in [2.24, 2.45) is 0 Å². The quantitative estimate of drug-likeness (QED) is 0.163. The highest BCUT2D eigenvalue weighted by molar-refractivity contribution is 6.28. The van der Waals surface area contributed by atoms with Gasteiger partial charge in [-0.05, 0) is 71.9 Å². The summed E-state index contributed by atoms with van der Waals surface area (Å²) in [7, 11) is 1.49. The second kappa shape index (κ2) is 14.0. The molecule has 3 heterocycles. The van der Waals surface area contributed by atoms with Crippen LogP contribution < -0.4 is 5.32 Å². The minimum atomic E-state index is -1.58. The zero-order valence-corrected chi connectivity index (χ0v) is 27.8. The summed E-state index contributed by atoms with van der Waals surface area (Å²) in [5.74, 6) is -0.541. The van der Waals surface area contributed by atoms with Crippen molar-refractivity contribution >= 4 is 40.5 Å². The molecular weight excluding hydrogens is 649 g/mol. The molecule has 12 heteroatoms. The first-order chi connectivity index (χ1) is 23.6. The Balaban J connectivity index is 1.42. The first-order valence-corrected chi connectivity index (χ1v) is 16.3. The highest BCUT2D eigenvalue weighted by Crippen LogP contribution is 2.43. The van der Waals surface area contributed by atoms with Crippen LogP contribution in [0.4, 0.5) is 4.39 Å². The fourth-order valence-corrected chi connectivity index (χ4v) is 6.83. The van der Waals surface area contributed by atoms with Crippen molar-refractivity contribution in [1.29, 1.82) is 5.26 Å². The lowest BCUT2D eigenvalue weighted by molar-refractivity contribution is 0.00675. The van der Waals surface area contributed by atoms with Gasteiger partial charge in [-0.1, -0.05) is 36.4 Å². The van der Waals surface area contributed by atoms with Gasteiger partial charge in [-0.2, -0.15) is 5.26 Å². The normalized spacial score (nSPS) is 20.5. The van der Waals surface area contributed by atoms with Gasteiger partial charge in [-0.15, -0.1) is 11.6 Å². The maximum Gasteiger partial charge on any atom is 0.271 e. The third-order valence-corrected chi connectivity index (χ3v) is 9.81. The number of amides is 1. The molecule has 2 atom stereocenters. The van der Waals surface area contributed by atoms with Gasteiger partial charge in [0.25, 0.3) is 5.91 Å². The average Bonchev–Trinajstić information content (AvgIpc) is 3.55. The summed E-state index contributed by atoms with van der Waals surface area (Å²) in [6.45, 7) is 2.91. The Kier molecular flexibility index (Phi) is 9.77. The molecule has 1 saturated heterocycles. The van der Waals surface area contributed by atoms with Crippen LogP contribution in [-0.4, -0.2) is 70.0 Å². The molecule has 1 aliphatic carbocycles. The SMILES string of the molecule is COCc1cc(C(=O)NC2(c3nc4cc(CN5CCC(F)(CO)CC5)cc(C#N)c4o3)C=CC=C(c3ccccc3C)C2Cl)ncc1C=O. The Labute approximate surface area is 287 Å². The number of hydrogen-bond donors (Lipinski definition) is 2. The highest BCUT2D eigenvalue weighted by Gasteiger charge is 2.47. The molecule has 252 valence electrons. The van der Waals surface area contributed by atoms with Crippen molar-refractivity contribution in [3.63, 3.8) is 0 Å². The number of aliphatic hydroxyl groups excluding tert-OH is 1. The second-order valence-electron chi connectivity index (χ2n) is 12.5. The van der Waals surface area contributed by atoms with Crippen molar-refractivity contribution in [2.75, 3.05) is 26.8 Å². The number of piperidine rings is 1. The van der Waals surface area contributed by atoms with Gasteiger partial charge in [0.1, 0.15) is 22.9 Å². The minimum Gasteiger partial charge on any atom is -0.436 e. The van der Waals surface area contributed by atoms with E-state index in [9.17, 15) is 24.3 Å². The number of ether oxygens (including phenoxy) is 1. The number of likely N-dealkylation sites (tertiary alicyclic amines) is 1. The standard InChI is InChI=1S/C37H35ClFN5O5/c1-23-6-3-4-7-28(23)29-8-5-9-37(33(29)38,43-34(47)31-16-26(21-48-2)27(20-45)18-41-31)35-42-30-15-24(14-25(17-40)32(30)49-35)19-44-12-10-36(39,22-46)11-13-44/h3-9,14-16,18,20,33,46H,10-13,19,21-22H2,1-2H3,(H,43,47). The van der Waals surface area contributed by atoms with Crippen LogP contribution in [0.3, 0.4) is 0 Å². The van der Waals surface area contributed by atoms with Crippen LogP contribution >= 0.6 is 11.6 Å². The van der Waals surface area contributed by atoms with Crippen LogP contribution in [0.2, 0.25) is 0 Å². The molecule has 4 aromatic rings. The molecule has 2 unspecified atom stereocenters. The zero-order valence-electron chi connectivity index (χ0n) is 27.1. The molecule has 10 nitrogen and oxygen atoms in total. The molecular formula is C37H35ClFN5O5. The summed E-state index contributed by atoms with van der Waals surface area (Å²) < 4.78 is 26.2. The van der Waals surface area contributed by atoms with Crippen LogP contribution in [0.1, 0.15) is 67.4 Å². The topological polar surface area (TPSA) is 142 Å². The van der Waals surface area contributed by atoms with Gasteiger partial charge in [-0.25, -0.2) is 9.37 Å². The number of aliphatic hydroxyl groups is 1. The number of carbonyl (C=O) groups is 2. The fraction of sp³-hybridized carbons (Fsp3) is 0.324. The maximum atomic E-state index is 14.6. The Morgan fingerprint density at radius 3 is 2.76 bits per heavy atom. The summed E-state index contributed by atoms with van der Waals surface area (Å²) in [6.07, 6.45) is 7.75. The number of nitrogens with one attached hydrogen (secondary N) is 1. The van der Waals surface area contributed by atoms with Gasteiger partial charge in [-0.3, -0.25) is 19.5 Å². The minimum absolute atomic E-state index is 0.0254. The monoisotopic (exact) mass is 683 g/mol. The van der Waals surface area contributed by atoms with E-state index in [1.807, 2.05) is 43.3 Å². The molecule has 0 radical (unpaired) electrons. The number of fused-ring (bicyclic) bond motifs is 1. The van der Waals surface area contributed by atoms with Crippen LogP contribution in [0, 0.1) is 18.3 Å². The van der Waals surface area contributed by atoms with Crippen LogP contribution in [-0.2, 0) is 23.4 Å². The van der Waals surface area contributed by atoms with Gasteiger partial charge in [0, 0.05) is 38.5 Å². The van der Waals surface area contributed by atoms with Gasteiger partial charge >= 0.3 is 0 Å². The number of oxazole rings is 1. The third kappa shape index (κ3) is 6.65. The lowest BCUT2D eigenvalue weighted by Crippen LogP contribution is -2.52. The summed E-state index contributed by atoms with van der Waals surface area (Å²) in [4.78, 5) is 36.7.